The highest BCUT2D eigenvalue weighted by molar-refractivity contribution is 7.05. The molecule has 2 amide bonds. The third kappa shape index (κ3) is 4.62. The van der Waals surface area contributed by atoms with E-state index in [0.717, 1.165) is 29.1 Å². The number of hydrogen-bond donors (Lipinski definition) is 2. The topological polar surface area (TPSA) is 126 Å². The number of rotatable bonds is 6. The van der Waals surface area contributed by atoms with E-state index in [-0.39, 0.29) is 24.8 Å². The van der Waals surface area contributed by atoms with Gasteiger partial charge in [-0.25, -0.2) is 4.68 Å². The number of carbonyl (C=O) groups is 2. The molecule has 2 N–H and O–H groups in total. The Kier molecular flexibility index (Phi) is 5.82. The summed E-state index contributed by atoms with van der Waals surface area (Å²) in [7, 11) is 0. The predicted molar refractivity (Wildman–Crippen MR) is 113 cm³/mol. The van der Waals surface area contributed by atoms with Crippen LogP contribution in [0.15, 0.2) is 6.20 Å². The second-order valence-electron chi connectivity index (χ2n) is 9.56. The Morgan fingerprint density at radius 2 is 2.06 bits per heavy atom. The lowest BCUT2D eigenvalue weighted by atomic mass is 9.85. The maximum Gasteiger partial charge on any atom is 0.248 e. The second kappa shape index (κ2) is 8.27. The van der Waals surface area contributed by atoms with Gasteiger partial charge in [0.2, 0.25) is 11.8 Å². The van der Waals surface area contributed by atoms with Crippen LogP contribution >= 0.6 is 11.5 Å². The quantitative estimate of drug-likeness (QED) is 0.681. The van der Waals surface area contributed by atoms with Crippen molar-refractivity contribution >= 4 is 23.3 Å². The molecule has 31 heavy (non-hydrogen) atoms. The van der Waals surface area contributed by atoms with E-state index in [0.29, 0.717) is 12.5 Å². The molecule has 2 fully saturated rings. The van der Waals surface area contributed by atoms with Gasteiger partial charge in [-0.15, -0.1) is 10.2 Å². The summed E-state index contributed by atoms with van der Waals surface area (Å²) in [5.41, 5.74) is 1.23. The number of likely N-dealkylation sites (tertiary alicyclic amines) is 1. The van der Waals surface area contributed by atoms with Crippen molar-refractivity contribution in [3.8, 4) is 0 Å². The van der Waals surface area contributed by atoms with Crippen LogP contribution in [0.25, 0.3) is 0 Å². The van der Waals surface area contributed by atoms with E-state index in [1.54, 1.807) is 4.68 Å². The molecule has 3 atom stereocenters. The molecule has 2 aromatic rings. The fraction of sp³-hybridized carbons (Fsp3) is 0.700. The van der Waals surface area contributed by atoms with Crippen LogP contribution < -0.4 is 5.32 Å². The van der Waals surface area contributed by atoms with Gasteiger partial charge in [-0.3, -0.25) is 9.59 Å². The fourth-order valence-electron chi connectivity index (χ4n) is 4.02. The number of carbonyl (C=O) groups excluding carboxylic acids is 2. The van der Waals surface area contributed by atoms with Gasteiger partial charge < -0.3 is 15.3 Å². The van der Waals surface area contributed by atoms with Crippen LogP contribution in [0.4, 0.5) is 0 Å². The number of aliphatic hydroxyl groups is 1. The minimum atomic E-state index is -0.745. The lowest BCUT2D eigenvalue weighted by molar-refractivity contribution is -0.144. The van der Waals surface area contributed by atoms with Crippen LogP contribution in [0.2, 0.25) is 0 Å². The van der Waals surface area contributed by atoms with Gasteiger partial charge in [0.1, 0.15) is 12.1 Å². The Hall–Kier alpha value is -2.40. The van der Waals surface area contributed by atoms with E-state index in [2.05, 4.69) is 25.2 Å². The molecule has 1 aliphatic carbocycles. The van der Waals surface area contributed by atoms with Crippen molar-refractivity contribution in [2.75, 3.05) is 6.54 Å². The number of aromatic nitrogens is 5. The maximum atomic E-state index is 13.7. The van der Waals surface area contributed by atoms with Crippen molar-refractivity contribution in [2.45, 2.75) is 77.6 Å². The van der Waals surface area contributed by atoms with Gasteiger partial charge in [-0.05, 0) is 36.7 Å². The summed E-state index contributed by atoms with van der Waals surface area (Å²) in [6.45, 7) is 8.16. The number of nitrogens with one attached hydrogen (secondary N) is 1. The highest BCUT2D eigenvalue weighted by Gasteiger charge is 2.45. The number of β-amino-alcohol motifs (C(OH)–C–C–N with tert-alkyl or cyclic N) is 1. The van der Waals surface area contributed by atoms with Gasteiger partial charge in [0, 0.05) is 25.1 Å². The molecule has 0 spiro atoms. The number of nitrogens with zero attached hydrogens (tertiary/aromatic N) is 6. The number of hydrogen-bond acceptors (Lipinski definition) is 8. The minimum absolute atomic E-state index is 0.120. The van der Waals surface area contributed by atoms with Crippen LogP contribution in [0.5, 0.6) is 0 Å². The van der Waals surface area contributed by atoms with Crippen molar-refractivity contribution in [1.82, 2.24) is 34.8 Å². The highest BCUT2D eigenvalue weighted by atomic mass is 32.1. The number of aryl methyl sites for hydroxylation is 1. The third-order valence-electron chi connectivity index (χ3n) is 5.88. The highest BCUT2D eigenvalue weighted by Crippen LogP contribution is 2.40. The first-order valence-electron chi connectivity index (χ1n) is 10.6. The zero-order valence-electron chi connectivity index (χ0n) is 18.3. The first-order chi connectivity index (χ1) is 14.6. The van der Waals surface area contributed by atoms with Gasteiger partial charge in [0.25, 0.3) is 0 Å². The van der Waals surface area contributed by atoms with Crippen molar-refractivity contribution in [1.29, 1.82) is 0 Å². The van der Waals surface area contributed by atoms with E-state index in [9.17, 15) is 14.7 Å². The van der Waals surface area contributed by atoms with E-state index in [1.165, 1.54) is 16.4 Å². The lowest BCUT2D eigenvalue weighted by Gasteiger charge is -2.34. The molecule has 4 rings (SSSR count). The summed E-state index contributed by atoms with van der Waals surface area (Å²) in [6.07, 6.45) is 3.51. The van der Waals surface area contributed by atoms with Crippen molar-refractivity contribution < 1.29 is 14.7 Å². The zero-order valence-corrected chi connectivity index (χ0v) is 19.1. The first kappa shape index (κ1) is 21.8. The monoisotopic (exact) mass is 447 g/mol. The molecule has 3 heterocycles. The van der Waals surface area contributed by atoms with Crippen molar-refractivity contribution in [3.05, 3.63) is 22.5 Å². The van der Waals surface area contributed by atoms with Gasteiger partial charge in [-0.2, -0.15) is 0 Å². The van der Waals surface area contributed by atoms with Gasteiger partial charge in [0.05, 0.1) is 28.9 Å². The van der Waals surface area contributed by atoms with E-state index in [4.69, 9.17) is 0 Å². The first-order valence-corrected chi connectivity index (χ1v) is 11.4. The van der Waals surface area contributed by atoms with Crippen molar-refractivity contribution in [2.24, 2.45) is 5.41 Å². The number of aliphatic hydroxyl groups excluding tert-OH is 1. The Balaban J connectivity index is 1.52. The van der Waals surface area contributed by atoms with E-state index >= 15 is 0 Å². The van der Waals surface area contributed by atoms with Crippen LogP contribution in [-0.4, -0.2) is 65.1 Å². The second-order valence-corrected chi connectivity index (χ2v) is 10.4. The zero-order chi connectivity index (χ0) is 22.3. The van der Waals surface area contributed by atoms with Crippen LogP contribution in [0, 0.1) is 12.3 Å². The van der Waals surface area contributed by atoms with E-state index in [1.807, 2.05) is 33.9 Å². The summed E-state index contributed by atoms with van der Waals surface area (Å²) < 4.78 is 5.50. The van der Waals surface area contributed by atoms with Crippen LogP contribution in [0.3, 0.4) is 0 Å². The third-order valence-corrected chi connectivity index (χ3v) is 6.70. The molecule has 1 saturated carbocycles. The Bertz CT molecular complexity index is 962. The average molecular weight is 448 g/mol. The van der Waals surface area contributed by atoms with Gasteiger partial charge >= 0.3 is 0 Å². The van der Waals surface area contributed by atoms with Gasteiger partial charge in [-0.1, -0.05) is 30.5 Å². The van der Waals surface area contributed by atoms with E-state index < -0.39 is 23.6 Å². The Labute approximate surface area is 185 Å². The summed E-state index contributed by atoms with van der Waals surface area (Å²) in [4.78, 5) is 29.0. The molecule has 11 heteroatoms. The maximum absolute atomic E-state index is 13.7. The molecule has 1 aliphatic heterocycles. The minimum Gasteiger partial charge on any atom is -0.391 e. The van der Waals surface area contributed by atoms with Crippen LogP contribution in [0.1, 0.15) is 68.3 Å². The summed E-state index contributed by atoms with van der Waals surface area (Å²) in [5, 5.41) is 25.6. The Morgan fingerprint density at radius 3 is 2.68 bits per heavy atom. The average Bonchev–Trinajstić information content (AvgIpc) is 3.08. The smallest absolute Gasteiger partial charge is 0.248 e. The molecule has 2 unspecified atom stereocenters. The number of amides is 2. The molecule has 1 saturated heterocycles. The standard InChI is InChI=1S/C20H29N7O3S/c1-11-16(31-25-22-11)8-21-18(29)15-7-13(28)9-26(15)19(30)17(20(2,3)4)27-10-14(23-24-27)12-5-6-12/h10,12-13,15,17,28H,5-9H2,1-4H3,(H,21,29)/t13?,15?,17-/m1/s1. The normalized spacial score (nSPS) is 22.5. The lowest BCUT2D eigenvalue weighted by Crippen LogP contribution is -2.50. The molecule has 2 aromatic heterocycles. The van der Waals surface area contributed by atoms with Gasteiger partial charge in [0.15, 0.2) is 0 Å². The molecule has 0 bridgehead atoms. The molecular formula is C20H29N7O3S. The molecule has 10 nitrogen and oxygen atoms in total. The molecular weight excluding hydrogens is 418 g/mol. The fourth-order valence-corrected chi connectivity index (χ4v) is 4.60. The summed E-state index contributed by atoms with van der Waals surface area (Å²) >= 11 is 1.23. The molecule has 2 aliphatic rings. The molecule has 168 valence electrons. The SMILES string of the molecule is Cc1nnsc1CNC(=O)C1CC(O)CN1C(=O)[C@@H](n1cc(C2CC2)nn1)C(C)(C)C. The Morgan fingerprint density at radius 1 is 1.32 bits per heavy atom. The largest absolute Gasteiger partial charge is 0.391 e. The van der Waals surface area contributed by atoms with Crippen molar-refractivity contribution in [3.63, 3.8) is 0 Å². The molecule has 0 radical (unpaired) electrons. The summed E-state index contributed by atoms with van der Waals surface area (Å²) in [6, 6.07) is -1.36. The molecule has 0 aromatic carbocycles. The summed E-state index contributed by atoms with van der Waals surface area (Å²) in [5.74, 6) is -0.0870. The van der Waals surface area contributed by atoms with Crippen LogP contribution in [-0.2, 0) is 16.1 Å². The predicted octanol–water partition coefficient (Wildman–Crippen LogP) is 1.18.